The topological polar surface area (TPSA) is 0 Å². The van der Waals surface area contributed by atoms with Crippen molar-refractivity contribution in [3.63, 3.8) is 0 Å². The summed E-state index contributed by atoms with van der Waals surface area (Å²) in [6, 6.07) is 0. The molecule has 0 saturated heterocycles. The highest BCUT2D eigenvalue weighted by Gasteiger charge is 2.84. The molecule has 1 saturated carbocycles. The van der Waals surface area contributed by atoms with Crippen molar-refractivity contribution >= 4 is 0 Å². The molecular formula is C5H5F4. The molecule has 1 radical (unpaired) electrons. The Labute approximate surface area is 49.9 Å². The van der Waals surface area contributed by atoms with Crippen LogP contribution in [0.3, 0.4) is 0 Å². The predicted octanol–water partition coefficient (Wildman–Crippen LogP) is 2.11. The van der Waals surface area contributed by atoms with Crippen molar-refractivity contribution in [1.29, 1.82) is 0 Å². The van der Waals surface area contributed by atoms with Crippen molar-refractivity contribution in [2.75, 3.05) is 0 Å². The Hall–Kier alpha value is -0.280. The average molecular weight is 141 g/mol. The normalized spacial score (nSPS) is 30.3. The van der Waals surface area contributed by atoms with Gasteiger partial charge in [0.25, 0.3) is 0 Å². The summed E-state index contributed by atoms with van der Waals surface area (Å²) in [6.07, 6.45) is 0.833. The number of hydrogen-bond donors (Lipinski definition) is 0. The SMILES string of the molecule is C[CH]C1C(F)(F)C1(F)F. The molecule has 0 amide bonds. The van der Waals surface area contributed by atoms with Gasteiger partial charge in [-0.25, -0.2) is 0 Å². The summed E-state index contributed by atoms with van der Waals surface area (Å²) in [5.41, 5.74) is 0. The van der Waals surface area contributed by atoms with Crippen LogP contribution in [0, 0.1) is 12.3 Å². The van der Waals surface area contributed by atoms with Gasteiger partial charge in [-0.2, -0.15) is 17.6 Å². The highest BCUT2D eigenvalue weighted by molar-refractivity contribution is 5.18. The van der Waals surface area contributed by atoms with Crippen LogP contribution in [0.1, 0.15) is 6.92 Å². The fourth-order valence-electron chi connectivity index (χ4n) is 0.784. The second-order valence-corrected chi connectivity index (χ2v) is 2.06. The van der Waals surface area contributed by atoms with Crippen LogP contribution in [-0.2, 0) is 0 Å². The summed E-state index contributed by atoms with van der Waals surface area (Å²) < 4.78 is 47.2. The van der Waals surface area contributed by atoms with Crippen molar-refractivity contribution in [2.24, 2.45) is 5.92 Å². The first-order chi connectivity index (χ1) is 3.94. The number of alkyl halides is 4. The van der Waals surface area contributed by atoms with Crippen LogP contribution in [0.4, 0.5) is 17.6 Å². The van der Waals surface area contributed by atoms with Gasteiger partial charge in [0.1, 0.15) is 5.92 Å². The Bertz CT molecular complexity index is 115. The van der Waals surface area contributed by atoms with E-state index in [9.17, 15) is 17.6 Å². The van der Waals surface area contributed by atoms with Crippen molar-refractivity contribution in [2.45, 2.75) is 18.8 Å². The van der Waals surface area contributed by atoms with Gasteiger partial charge in [-0.3, -0.25) is 0 Å². The zero-order chi connectivity index (χ0) is 7.28. The molecule has 0 nitrogen and oxygen atoms in total. The zero-order valence-electron chi connectivity index (χ0n) is 4.67. The standard InChI is InChI=1S/C5H5F4/c1-2-3-4(6,7)5(3,8)9/h2-3H,1H3. The second kappa shape index (κ2) is 1.41. The zero-order valence-corrected chi connectivity index (χ0v) is 4.67. The van der Waals surface area contributed by atoms with Crippen LogP contribution in [-0.4, -0.2) is 11.8 Å². The molecule has 1 rings (SSSR count). The monoisotopic (exact) mass is 141 g/mol. The molecule has 0 aliphatic heterocycles. The quantitative estimate of drug-likeness (QED) is 0.490. The Morgan fingerprint density at radius 3 is 1.44 bits per heavy atom. The lowest BCUT2D eigenvalue weighted by Gasteiger charge is -1.87. The summed E-state index contributed by atoms with van der Waals surface area (Å²) in [4.78, 5) is 0. The molecule has 0 bridgehead atoms. The van der Waals surface area contributed by atoms with Crippen molar-refractivity contribution in [3.05, 3.63) is 6.42 Å². The van der Waals surface area contributed by atoms with Crippen LogP contribution >= 0.6 is 0 Å². The number of rotatable bonds is 1. The van der Waals surface area contributed by atoms with Crippen LogP contribution < -0.4 is 0 Å². The molecule has 0 aromatic heterocycles. The van der Waals surface area contributed by atoms with Gasteiger partial charge < -0.3 is 0 Å². The molecule has 0 heterocycles. The Kier molecular flexibility index (Phi) is 1.07. The molecule has 0 spiro atoms. The third kappa shape index (κ3) is 0.588. The minimum Gasteiger partial charge on any atom is -0.199 e. The molecule has 0 unspecified atom stereocenters. The van der Waals surface area contributed by atoms with Crippen LogP contribution in [0.2, 0.25) is 0 Å². The maximum absolute atomic E-state index is 11.8. The average Bonchev–Trinajstić information content (AvgIpc) is 2.00. The van der Waals surface area contributed by atoms with Gasteiger partial charge >= 0.3 is 11.8 Å². The van der Waals surface area contributed by atoms with Crippen LogP contribution in [0.15, 0.2) is 0 Å². The summed E-state index contributed by atoms with van der Waals surface area (Å²) in [6.45, 7) is 1.21. The molecule has 4 heteroatoms. The van der Waals surface area contributed by atoms with E-state index in [4.69, 9.17) is 0 Å². The number of halogens is 4. The molecule has 1 aliphatic rings. The van der Waals surface area contributed by atoms with E-state index in [2.05, 4.69) is 0 Å². The molecule has 53 valence electrons. The fourth-order valence-corrected chi connectivity index (χ4v) is 0.784. The first-order valence-corrected chi connectivity index (χ1v) is 2.49. The van der Waals surface area contributed by atoms with Gasteiger partial charge in [-0.15, -0.1) is 0 Å². The van der Waals surface area contributed by atoms with Gasteiger partial charge in [-0.05, 0) is 6.42 Å². The third-order valence-corrected chi connectivity index (χ3v) is 1.48. The lowest BCUT2D eigenvalue weighted by atomic mass is 10.3. The van der Waals surface area contributed by atoms with Gasteiger partial charge in [-0.1, -0.05) is 6.92 Å². The summed E-state index contributed by atoms with van der Waals surface area (Å²) >= 11 is 0. The fraction of sp³-hybridized carbons (Fsp3) is 0.800. The number of hydrogen-bond acceptors (Lipinski definition) is 0. The molecule has 0 atom stereocenters. The second-order valence-electron chi connectivity index (χ2n) is 2.06. The summed E-state index contributed by atoms with van der Waals surface area (Å²) in [7, 11) is 0. The minimum atomic E-state index is -3.78. The molecule has 0 aromatic rings. The van der Waals surface area contributed by atoms with E-state index < -0.39 is 17.8 Å². The van der Waals surface area contributed by atoms with Crippen LogP contribution in [0.5, 0.6) is 0 Å². The molecular weight excluding hydrogens is 136 g/mol. The van der Waals surface area contributed by atoms with E-state index in [1.54, 1.807) is 0 Å². The van der Waals surface area contributed by atoms with E-state index >= 15 is 0 Å². The maximum Gasteiger partial charge on any atom is 0.319 e. The maximum atomic E-state index is 11.8. The Balaban J connectivity index is 2.66. The lowest BCUT2D eigenvalue weighted by molar-refractivity contribution is -0.0278. The molecule has 1 aliphatic carbocycles. The van der Waals surface area contributed by atoms with Crippen LogP contribution in [0.25, 0.3) is 0 Å². The largest absolute Gasteiger partial charge is 0.319 e. The van der Waals surface area contributed by atoms with Crippen molar-refractivity contribution < 1.29 is 17.6 Å². The van der Waals surface area contributed by atoms with Gasteiger partial charge in [0.2, 0.25) is 0 Å². The third-order valence-electron chi connectivity index (χ3n) is 1.48. The lowest BCUT2D eigenvalue weighted by Crippen LogP contribution is -2.02. The van der Waals surface area contributed by atoms with Gasteiger partial charge in [0, 0.05) is 0 Å². The highest BCUT2D eigenvalue weighted by atomic mass is 19.3. The molecule has 9 heavy (non-hydrogen) atoms. The first-order valence-electron chi connectivity index (χ1n) is 2.49. The van der Waals surface area contributed by atoms with Crippen molar-refractivity contribution in [3.8, 4) is 0 Å². The molecule has 0 aromatic carbocycles. The first kappa shape index (κ1) is 6.83. The van der Waals surface area contributed by atoms with Gasteiger partial charge in [0.05, 0.1) is 0 Å². The van der Waals surface area contributed by atoms with E-state index in [1.807, 2.05) is 0 Å². The van der Waals surface area contributed by atoms with E-state index in [-0.39, 0.29) is 0 Å². The van der Waals surface area contributed by atoms with E-state index in [0.29, 0.717) is 0 Å². The van der Waals surface area contributed by atoms with Gasteiger partial charge in [0.15, 0.2) is 0 Å². The highest BCUT2D eigenvalue weighted by Crippen LogP contribution is 2.63. The summed E-state index contributed by atoms with van der Waals surface area (Å²) in [5, 5.41) is 0. The van der Waals surface area contributed by atoms with Crippen molar-refractivity contribution in [1.82, 2.24) is 0 Å². The molecule has 0 N–H and O–H groups in total. The smallest absolute Gasteiger partial charge is 0.199 e. The summed E-state index contributed by atoms with van der Waals surface area (Å²) in [5.74, 6) is -9.38. The van der Waals surface area contributed by atoms with E-state index in [0.717, 1.165) is 6.42 Å². The Morgan fingerprint density at radius 2 is 1.44 bits per heavy atom. The predicted molar refractivity (Wildman–Crippen MR) is 23.4 cm³/mol. The molecule has 1 fully saturated rings. The Morgan fingerprint density at radius 1 is 1.11 bits per heavy atom. The van der Waals surface area contributed by atoms with E-state index in [1.165, 1.54) is 6.92 Å². The minimum absolute atomic E-state index is 0.833.